The molecule has 2 aromatic heterocycles. The van der Waals surface area contributed by atoms with E-state index in [0.717, 1.165) is 46.8 Å². The second kappa shape index (κ2) is 8.64. The second-order valence-corrected chi connectivity index (χ2v) is 9.13. The van der Waals surface area contributed by atoms with Crippen molar-refractivity contribution in [1.29, 1.82) is 0 Å². The molecule has 3 heterocycles. The molecular formula is C24H22F3N5S. The molecule has 5 nitrogen and oxygen atoms in total. The molecule has 4 aromatic rings. The molecule has 33 heavy (non-hydrogen) atoms. The molecule has 1 fully saturated rings. The van der Waals surface area contributed by atoms with E-state index in [1.807, 2.05) is 41.3 Å². The Balaban J connectivity index is 1.57. The highest BCUT2D eigenvalue weighted by Crippen LogP contribution is 2.39. The van der Waals surface area contributed by atoms with Crippen LogP contribution in [-0.4, -0.2) is 29.1 Å². The molecule has 1 aliphatic rings. The van der Waals surface area contributed by atoms with E-state index in [1.165, 1.54) is 17.4 Å². The average molecular weight is 470 g/mol. The lowest BCUT2D eigenvalue weighted by Gasteiger charge is -2.34. The average Bonchev–Trinajstić information content (AvgIpc) is 3.25. The highest BCUT2D eigenvalue weighted by atomic mass is 32.1. The van der Waals surface area contributed by atoms with Crippen molar-refractivity contribution < 1.29 is 13.2 Å². The lowest BCUT2D eigenvalue weighted by atomic mass is 10.0. The molecular weight excluding hydrogens is 447 g/mol. The summed E-state index contributed by atoms with van der Waals surface area (Å²) in [7, 11) is 0. The topological polar surface area (TPSA) is 67.1 Å². The number of anilines is 3. The van der Waals surface area contributed by atoms with Gasteiger partial charge in [0.25, 0.3) is 0 Å². The van der Waals surface area contributed by atoms with Crippen molar-refractivity contribution in [2.75, 3.05) is 23.3 Å². The number of benzene rings is 2. The number of piperidine rings is 1. The number of nitrogens with two attached hydrogens (primary N) is 1. The van der Waals surface area contributed by atoms with Crippen molar-refractivity contribution in [3.05, 3.63) is 66.4 Å². The largest absolute Gasteiger partial charge is 0.416 e. The van der Waals surface area contributed by atoms with Crippen LogP contribution < -0.4 is 16.0 Å². The fourth-order valence-electron chi connectivity index (χ4n) is 4.10. The van der Waals surface area contributed by atoms with E-state index in [2.05, 4.69) is 10.3 Å². The minimum absolute atomic E-state index is 0.0116. The highest BCUT2D eigenvalue weighted by molar-refractivity contribution is 7.21. The van der Waals surface area contributed by atoms with Gasteiger partial charge in [0.2, 0.25) is 0 Å². The van der Waals surface area contributed by atoms with Gasteiger partial charge in [0.05, 0.1) is 21.6 Å². The fraction of sp³-hybridized carbons (Fsp3) is 0.250. The lowest BCUT2D eigenvalue weighted by Crippen LogP contribution is -2.43. The van der Waals surface area contributed by atoms with Crippen LogP contribution in [0.25, 0.3) is 20.8 Å². The van der Waals surface area contributed by atoms with Gasteiger partial charge in [-0.2, -0.15) is 13.2 Å². The van der Waals surface area contributed by atoms with Gasteiger partial charge < -0.3 is 16.0 Å². The van der Waals surface area contributed by atoms with Gasteiger partial charge in [-0.05, 0) is 37.1 Å². The number of hydrogen-bond donors (Lipinski definition) is 2. The van der Waals surface area contributed by atoms with Gasteiger partial charge in [0, 0.05) is 30.9 Å². The Kier molecular flexibility index (Phi) is 5.67. The summed E-state index contributed by atoms with van der Waals surface area (Å²) >= 11 is 1.52. The zero-order valence-corrected chi connectivity index (χ0v) is 18.5. The van der Waals surface area contributed by atoms with Gasteiger partial charge in [-0.3, -0.25) is 0 Å². The summed E-state index contributed by atoms with van der Waals surface area (Å²) in [6.07, 6.45) is -1.01. The van der Waals surface area contributed by atoms with Gasteiger partial charge in [-0.1, -0.05) is 30.3 Å². The summed E-state index contributed by atoms with van der Waals surface area (Å²) in [5.74, 6) is 0.424. The Labute approximate surface area is 193 Å². The summed E-state index contributed by atoms with van der Waals surface area (Å²) < 4.78 is 41.4. The van der Waals surface area contributed by atoms with Crippen LogP contribution in [-0.2, 0) is 6.18 Å². The minimum Gasteiger partial charge on any atom is -0.368 e. The first-order valence-corrected chi connectivity index (χ1v) is 11.5. The number of pyridine rings is 1. The number of nitrogens with zero attached hydrogens (tertiary/aromatic N) is 3. The van der Waals surface area contributed by atoms with Gasteiger partial charge >= 0.3 is 6.18 Å². The monoisotopic (exact) mass is 469 g/mol. The molecule has 5 rings (SSSR count). The van der Waals surface area contributed by atoms with Crippen LogP contribution in [0.2, 0.25) is 0 Å². The normalized spacial score (nSPS) is 16.8. The van der Waals surface area contributed by atoms with E-state index in [0.29, 0.717) is 29.3 Å². The molecule has 2 aromatic carbocycles. The van der Waals surface area contributed by atoms with Crippen LogP contribution in [0.3, 0.4) is 0 Å². The SMILES string of the molecule is N[C@H]1CCCN(c2ccc(C(F)(F)F)cc2Nc2nccc3sc(-c4ccccc4)nc23)C1. The molecule has 0 unspecified atom stereocenters. The summed E-state index contributed by atoms with van der Waals surface area (Å²) in [6.45, 7) is 1.33. The molecule has 1 aliphatic heterocycles. The van der Waals surface area contributed by atoms with E-state index >= 15 is 0 Å². The number of fused-ring (bicyclic) bond motifs is 1. The van der Waals surface area contributed by atoms with Crippen molar-refractivity contribution in [3.63, 3.8) is 0 Å². The summed E-state index contributed by atoms with van der Waals surface area (Å²) in [4.78, 5) is 11.2. The molecule has 0 saturated carbocycles. The van der Waals surface area contributed by atoms with E-state index in [4.69, 9.17) is 10.7 Å². The summed E-state index contributed by atoms with van der Waals surface area (Å²) in [5.41, 5.74) is 8.04. The number of aromatic nitrogens is 2. The van der Waals surface area contributed by atoms with E-state index in [9.17, 15) is 13.2 Å². The van der Waals surface area contributed by atoms with Gasteiger partial charge in [0.15, 0.2) is 5.82 Å². The number of halogens is 3. The maximum atomic E-state index is 13.5. The number of nitrogens with one attached hydrogen (secondary N) is 1. The molecule has 3 N–H and O–H groups in total. The summed E-state index contributed by atoms with van der Waals surface area (Å²) in [5, 5.41) is 3.98. The van der Waals surface area contributed by atoms with Crippen LogP contribution in [0.5, 0.6) is 0 Å². The van der Waals surface area contributed by atoms with Crippen molar-refractivity contribution in [1.82, 2.24) is 9.97 Å². The summed E-state index contributed by atoms with van der Waals surface area (Å²) in [6, 6.07) is 15.4. The Morgan fingerprint density at radius 1 is 1.09 bits per heavy atom. The molecule has 0 spiro atoms. The number of thiazole rings is 1. The first-order chi connectivity index (χ1) is 15.9. The number of hydrogen-bond acceptors (Lipinski definition) is 6. The number of alkyl halides is 3. The van der Waals surface area contributed by atoms with E-state index in [-0.39, 0.29) is 6.04 Å². The van der Waals surface area contributed by atoms with Crippen LogP contribution in [0.1, 0.15) is 18.4 Å². The minimum atomic E-state index is -4.45. The maximum Gasteiger partial charge on any atom is 0.416 e. The first-order valence-electron chi connectivity index (χ1n) is 10.7. The predicted molar refractivity (Wildman–Crippen MR) is 127 cm³/mol. The van der Waals surface area contributed by atoms with Crippen molar-refractivity contribution in [2.45, 2.75) is 25.1 Å². The number of rotatable bonds is 4. The van der Waals surface area contributed by atoms with Crippen molar-refractivity contribution in [2.24, 2.45) is 5.73 Å². The third kappa shape index (κ3) is 4.51. The molecule has 1 atom stereocenters. The zero-order valence-electron chi connectivity index (χ0n) is 17.6. The fourth-order valence-corrected chi connectivity index (χ4v) is 5.06. The molecule has 0 amide bonds. The standard InChI is InChI=1S/C24H22F3N5S/c25-24(26,27)16-8-9-19(32-12-4-7-17(28)14-32)18(13-16)30-22-21-20(10-11-29-22)33-23(31-21)15-5-2-1-3-6-15/h1-3,5-6,8-11,13,17H,4,7,12,14,28H2,(H,29,30)/t17-/m0/s1. The van der Waals surface area contributed by atoms with Gasteiger partial charge in [-0.25, -0.2) is 9.97 Å². The zero-order chi connectivity index (χ0) is 23.0. The molecule has 9 heteroatoms. The Hall–Kier alpha value is -3.17. The predicted octanol–water partition coefficient (Wildman–Crippen LogP) is 6.05. The van der Waals surface area contributed by atoms with Crippen molar-refractivity contribution in [3.8, 4) is 10.6 Å². The van der Waals surface area contributed by atoms with Crippen LogP contribution >= 0.6 is 11.3 Å². The molecule has 1 saturated heterocycles. The van der Waals surface area contributed by atoms with Gasteiger partial charge in [0.1, 0.15) is 10.5 Å². The molecule has 0 aliphatic carbocycles. The Morgan fingerprint density at radius 3 is 2.67 bits per heavy atom. The lowest BCUT2D eigenvalue weighted by molar-refractivity contribution is -0.137. The van der Waals surface area contributed by atoms with Crippen molar-refractivity contribution >= 4 is 38.7 Å². The van der Waals surface area contributed by atoms with Crippen LogP contribution in [0.15, 0.2) is 60.8 Å². The Bertz CT molecular complexity index is 1270. The van der Waals surface area contributed by atoms with Gasteiger partial charge in [-0.15, -0.1) is 11.3 Å². The smallest absolute Gasteiger partial charge is 0.368 e. The van der Waals surface area contributed by atoms with E-state index in [1.54, 1.807) is 6.20 Å². The molecule has 0 bridgehead atoms. The third-order valence-corrected chi connectivity index (χ3v) is 6.77. The molecule has 170 valence electrons. The quantitative estimate of drug-likeness (QED) is 0.381. The second-order valence-electron chi connectivity index (χ2n) is 8.09. The first kappa shape index (κ1) is 21.7. The molecule has 0 radical (unpaired) electrons. The maximum absolute atomic E-state index is 13.5. The third-order valence-electron chi connectivity index (χ3n) is 5.70. The van der Waals surface area contributed by atoms with Crippen LogP contribution in [0, 0.1) is 0 Å². The van der Waals surface area contributed by atoms with E-state index < -0.39 is 11.7 Å². The highest BCUT2D eigenvalue weighted by Gasteiger charge is 2.32. The van der Waals surface area contributed by atoms with Crippen LogP contribution in [0.4, 0.5) is 30.4 Å². The Morgan fingerprint density at radius 2 is 1.91 bits per heavy atom.